The number of aliphatic hydroxyl groups is 1. The molecule has 1 amide bonds. The Bertz CT molecular complexity index is 585. The van der Waals surface area contributed by atoms with Gasteiger partial charge in [0.2, 0.25) is 0 Å². The molecule has 0 unspecified atom stereocenters. The van der Waals surface area contributed by atoms with Gasteiger partial charge in [-0.05, 0) is 24.3 Å². The second kappa shape index (κ2) is 5.38. The van der Waals surface area contributed by atoms with Gasteiger partial charge in [0.1, 0.15) is 0 Å². The molecule has 106 valence electrons. The molecular weight excluding hydrogens is 276 g/mol. The van der Waals surface area contributed by atoms with E-state index in [1.807, 2.05) is 17.5 Å². The Morgan fingerprint density at radius 2 is 2.30 bits per heavy atom. The molecule has 1 aliphatic carbocycles. The highest BCUT2D eigenvalue weighted by atomic mass is 32.1. The van der Waals surface area contributed by atoms with E-state index in [0.29, 0.717) is 5.76 Å². The summed E-state index contributed by atoms with van der Waals surface area (Å²) in [6, 6.07) is 3.78. The van der Waals surface area contributed by atoms with E-state index in [1.165, 1.54) is 17.7 Å². The Morgan fingerprint density at radius 1 is 1.50 bits per heavy atom. The molecule has 1 fully saturated rings. The van der Waals surface area contributed by atoms with Crippen molar-refractivity contribution in [2.24, 2.45) is 0 Å². The van der Waals surface area contributed by atoms with Crippen LogP contribution in [0.4, 0.5) is 0 Å². The third kappa shape index (κ3) is 2.62. The molecule has 5 nitrogen and oxygen atoms in total. The number of hydrogen-bond acceptors (Lipinski definition) is 5. The largest absolute Gasteiger partial charge is 0.442 e. The fourth-order valence-electron chi connectivity index (χ4n) is 2.53. The number of nitrogens with one attached hydrogen (secondary N) is 1. The first kappa shape index (κ1) is 13.3. The molecule has 2 heterocycles. The lowest BCUT2D eigenvalue weighted by Gasteiger charge is -2.21. The summed E-state index contributed by atoms with van der Waals surface area (Å²) in [4.78, 5) is 17.0. The van der Waals surface area contributed by atoms with Crippen LogP contribution in [0.2, 0.25) is 0 Å². The van der Waals surface area contributed by atoms with Gasteiger partial charge in [0.15, 0.2) is 17.8 Å². The SMILES string of the molecule is O=C(NCC1(O)CCCC1)c1ncoc1-c1cccs1. The van der Waals surface area contributed by atoms with Crippen LogP contribution in [0.25, 0.3) is 10.6 Å². The minimum absolute atomic E-state index is 0.266. The van der Waals surface area contributed by atoms with Gasteiger partial charge in [0.25, 0.3) is 5.91 Å². The van der Waals surface area contributed by atoms with E-state index in [2.05, 4.69) is 10.3 Å². The third-order valence-corrected chi connectivity index (χ3v) is 4.51. The number of oxazole rings is 1. The van der Waals surface area contributed by atoms with Crippen molar-refractivity contribution in [3.63, 3.8) is 0 Å². The summed E-state index contributed by atoms with van der Waals surface area (Å²) in [6.45, 7) is 0.266. The van der Waals surface area contributed by atoms with Gasteiger partial charge >= 0.3 is 0 Å². The Balaban J connectivity index is 1.70. The van der Waals surface area contributed by atoms with Gasteiger partial charge in [-0.15, -0.1) is 11.3 Å². The van der Waals surface area contributed by atoms with Crippen LogP contribution in [-0.2, 0) is 0 Å². The van der Waals surface area contributed by atoms with Crippen LogP contribution >= 0.6 is 11.3 Å². The number of aromatic nitrogens is 1. The normalized spacial score (nSPS) is 17.2. The van der Waals surface area contributed by atoms with Gasteiger partial charge < -0.3 is 14.8 Å². The number of carbonyl (C=O) groups excluding carboxylic acids is 1. The molecule has 2 N–H and O–H groups in total. The predicted octanol–water partition coefficient (Wildman–Crippen LogP) is 2.44. The summed E-state index contributed by atoms with van der Waals surface area (Å²) >= 11 is 1.49. The molecule has 3 rings (SSSR count). The van der Waals surface area contributed by atoms with E-state index in [0.717, 1.165) is 30.6 Å². The van der Waals surface area contributed by atoms with Crippen molar-refractivity contribution in [1.82, 2.24) is 10.3 Å². The van der Waals surface area contributed by atoms with Gasteiger partial charge in [-0.1, -0.05) is 18.9 Å². The second-order valence-corrected chi connectivity index (χ2v) is 6.07. The molecule has 0 bridgehead atoms. The van der Waals surface area contributed by atoms with Gasteiger partial charge in [-0.3, -0.25) is 4.79 Å². The maximum atomic E-state index is 12.2. The fraction of sp³-hybridized carbons (Fsp3) is 0.429. The van der Waals surface area contributed by atoms with E-state index in [4.69, 9.17) is 4.42 Å². The fourth-order valence-corrected chi connectivity index (χ4v) is 3.24. The first-order valence-corrected chi connectivity index (χ1v) is 7.54. The van der Waals surface area contributed by atoms with Crippen LogP contribution in [0.15, 0.2) is 28.3 Å². The summed E-state index contributed by atoms with van der Waals surface area (Å²) in [6.07, 6.45) is 4.77. The molecule has 2 aromatic rings. The van der Waals surface area contributed by atoms with Gasteiger partial charge in [0, 0.05) is 6.54 Å². The van der Waals surface area contributed by atoms with Crippen molar-refractivity contribution < 1.29 is 14.3 Å². The topological polar surface area (TPSA) is 75.4 Å². The quantitative estimate of drug-likeness (QED) is 0.907. The highest BCUT2D eigenvalue weighted by Gasteiger charge is 2.32. The zero-order valence-corrected chi connectivity index (χ0v) is 11.8. The summed E-state index contributed by atoms with van der Waals surface area (Å²) in [5.74, 6) is 0.179. The standard InChI is InChI=1S/C14H16N2O3S/c17-13(15-8-14(18)5-1-2-6-14)11-12(19-9-16-11)10-4-3-7-20-10/h3-4,7,9,18H,1-2,5-6,8H2,(H,15,17). The molecule has 0 aromatic carbocycles. The number of rotatable bonds is 4. The maximum absolute atomic E-state index is 12.2. The number of nitrogens with zero attached hydrogens (tertiary/aromatic N) is 1. The molecule has 0 radical (unpaired) electrons. The van der Waals surface area contributed by atoms with Crippen LogP contribution in [0.3, 0.4) is 0 Å². The smallest absolute Gasteiger partial charge is 0.274 e. The Morgan fingerprint density at radius 3 is 3.00 bits per heavy atom. The number of hydrogen-bond donors (Lipinski definition) is 2. The minimum Gasteiger partial charge on any atom is -0.442 e. The highest BCUT2D eigenvalue weighted by Crippen LogP contribution is 2.30. The average Bonchev–Trinajstić information content (AvgIpc) is 3.16. The van der Waals surface area contributed by atoms with Crippen LogP contribution in [0, 0.1) is 0 Å². The molecule has 1 saturated carbocycles. The number of thiophene rings is 1. The van der Waals surface area contributed by atoms with Crippen molar-refractivity contribution >= 4 is 17.2 Å². The lowest BCUT2D eigenvalue weighted by atomic mass is 10.0. The maximum Gasteiger partial charge on any atom is 0.274 e. The van der Waals surface area contributed by atoms with Crippen LogP contribution in [-0.4, -0.2) is 28.1 Å². The van der Waals surface area contributed by atoms with E-state index in [9.17, 15) is 9.90 Å². The van der Waals surface area contributed by atoms with Crippen LogP contribution in [0.5, 0.6) is 0 Å². The molecule has 6 heteroatoms. The first-order chi connectivity index (χ1) is 9.68. The molecular formula is C14H16N2O3S. The zero-order valence-electron chi connectivity index (χ0n) is 11.0. The van der Waals surface area contributed by atoms with E-state index in [1.54, 1.807) is 0 Å². The molecule has 0 spiro atoms. The summed E-state index contributed by atoms with van der Waals surface area (Å²) < 4.78 is 5.30. The van der Waals surface area contributed by atoms with E-state index < -0.39 is 5.60 Å². The highest BCUT2D eigenvalue weighted by molar-refractivity contribution is 7.13. The Kier molecular flexibility index (Phi) is 3.58. The van der Waals surface area contributed by atoms with Gasteiger partial charge in [0.05, 0.1) is 10.5 Å². The monoisotopic (exact) mass is 292 g/mol. The van der Waals surface area contributed by atoms with Gasteiger partial charge in [-0.2, -0.15) is 0 Å². The van der Waals surface area contributed by atoms with Crippen molar-refractivity contribution in [1.29, 1.82) is 0 Å². The van der Waals surface area contributed by atoms with E-state index >= 15 is 0 Å². The average molecular weight is 292 g/mol. The summed E-state index contributed by atoms with van der Waals surface area (Å²) in [7, 11) is 0. The lowest BCUT2D eigenvalue weighted by molar-refractivity contribution is 0.0449. The zero-order chi connectivity index (χ0) is 14.0. The second-order valence-electron chi connectivity index (χ2n) is 5.12. The summed E-state index contributed by atoms with van der Waals surface area (Å²) in [5, 5.41) is 14.9. The minimum atomic E-state index is -0.761. The number of amides is 1. The first-order valence-electron chi connectivity index (χ1n) is 6.66. The molecule has 20 heavy (non-hydrogen) atoms. The lowest BCUT2D eigenvalue weighted by Crippen LogP contribution is -2.41. The van der Waals surface area contributed by atoms with Crippen molar-refractivity contribution in [3.05, 3.63) is 29.6 Å². The number of carbonyl (C=O) groups is 1. The van der Waals surface area contributed by atoms with Crippen LogP contribution < -0.4 is 5.32 Å². The van der Waals surface area contributed by atoms with Gasteiger partial charge in [-0.25, -0.2) is 4.98 Å². The van der Waals surface area contributed by atoms with E-state index in [-0.39, 0.29) is 18.1 Å². The van der Waals surface area contributed by atoms with Crippen LogP contribution in [0.1, 0.15) is 36.2 Å². The van der Waals surface area contributed by atoms with Crippen molar-refractivity contribution in [2.45, 2.75) is 31.3 Å². The molecule has 1 aliphatic rings. The Hall–Kier alpha value is -1.66. The predicted molar refractivity (Wildman–Crippen MR) is 75.6 cm³/mol. The molecule has 0 atom stereocenters. The molecule has 0 saturated heterocycles. The third-order valence-electron chi connectivity index (χ3n) is 3.64. The summed E-state index contributed by atoms with van der Waals surface area (Å²) in [5.41, 5.74) is -0.489. The molecule has 0 aliphatic heterocycles. The van der Waals surface area contributed by atoms with Crippen molar-refractivity contribution in [2.75, 3.05) is 6.54 Å². The molecule has 2 aromatic heterocycles. The van der Waals surface area contributed by atoms with Crippen molar-refractivity contribution in [3.8, 4) is 10.6 Å². The Labute approximate surface area is 120 Å².